The average Bonchev–Trinajstić information content (AvgIpc) is 2.87. The average molecular weight is 324 g/mol. The molecule has 0 fully saturated rings. The largest absolute Gasteiger partial charge is 0.151 e. The molecule has 0 amide bonds. The van der Waals surface area contributed by atoms with E-state index in [1.807, 2.05) is 0 Å². The van der Waals surface area contributed by atoms with Crippen molar-refractivity contribution in [3.05, 3.63) is 10.8 Å². The third kappa shape index (κ3) is 3.12. The summed E-state index contributed by atoms with van der Waals surface area (Å²) in [5, 5.41) is 7.56. The number of hydrogen-bond donors (Lipinski definition) is 0. The van der Waals surface area contributed by atoms with Gasteiger partial charge in [0.1, 0.15) is 0 Å². The Balaban J connectivity index is 3.36. The Kier molecular flexibility index (Phi) is 6.08. The number of rotatable bonds is 6. The Morgan fingerprint density at radius 3 is 1.35 bits per heavy atom. The minimum absolute atomic E-state index is 1.13. The van der Waals surface area contributed by atoms with Crippen LogP contribution in [0, 0.1) is 0 Å². The summed E-state index contributed by atoms with van der Waals surface area (Å²) < 4.78 is 0. The molecule has 0 N–H and O–H groups in total. The van der Waals surface area contributed by atoms with Crippen LogP contribution in [-0.4, -0.2) is 24.6 Å². The molecule has 0 saturated heterocycles. The van der Waals surface area contributed by atoms with Crippen molar-refractivity contribution in [3.8, 4) is 0 Å². The second-order valence-corrected chi connectivity index (χ2v) is 16.2. The van der Waals surface area contributed by atoms with Crippen LogP contribution in [0.3, 0.4) is 0 Å². The summed E-state index contributed by atoms with van der Waals surface area (Å²) in [6, 6.07) is -2.68. The SMILES string of the molecule is CCP(=S)(CC)c1cscc1P(=S)(CC)CC. The van der Waals surface area contributed by atoms with Crippen molar-refractivity contribution >= 4 is 57.6 Å². The topological polar surface area (TPSA) is 0 Å². The van der Waals surface area contributed by atoms with Crippen LogP contribution >= 0.6 is 23.4 Å². The standard InChI is InChI=1S/C12H22P2S3/c1-5-13(15,6-2)11-9-17-10-12(11)14(16,7-3)8-4/h9-10H,5-8H2,1-4H3. The first-order chi connectivity index (χ1) is 7.97. The van der Waals surface area contributed by atoms with Crippen molar-refractivity contribution in [2.75, 3.05) is 24.6 Å². The van der Waals surface area contributed by atoms with Crippen molar-refractivity contribution < 1.29 is 0 Å². The van der Waals surface area contributed by atoms with Gasteiger partial charge in [-0.15, -0.1) is 0 Å². The maximum atomic E-state index is 5.97. The molecule has 0 radical (unpaired) electrons. The molecular weight excluding hydrogens is 302 g/mol. The molecule has 1 rings (SSSR count). The Morgan fingerprint density at radius 1 is 0.824 bits per heavy atom. The molecule has 0 atom stereocenters. The van der Waals surface area contributed by atoms with Crippen LogP contribution < -0.4 is 10.6 Å². The fraction of sp³-hybridized carbons (Fsp3) is 0.667. The summed E-state index contributed by atoms with van der Waals surface area (Å²) in [5.74, 6) is 0. The van der Waals surface area contributed by atoms with E-state index >= 15 is 0 Å². The summed E-state index contributed by atoms with van der Waals surface area (Å²) in [4.78, 5) is 0. The maximum Gasteiger partial charge on any atom is 0.00492 e. The Hall–Kier alpha value is 1.00. The van der Waals surface area contributed by atoms with Gasteiger partial charge in [-0.05, 0) is 47.5 Å². The van der Waals surface area contributed by atoms with E-state index in [9.17, 15) is 0 Å². The van der Waals surface area contributed by atoms with Crippen molar-refractivity contribution in [3.63, 3.8) is 0 Å². The lowest BCUT2D eigenvalue weighted by molar-refractivity contribution is 1.41. The minimum atomic E-state index is -1.34. The van der Waals surface area contributed by atoms with E-state index in [0.717, 1.165) is 24.6 Å². The summed E-state index contributed by atoms with van der Waals surface area (Å²) >= 11 is 13.7. The van der Waals surface area contributed by atoms with Gasteiger partial charge in [0.2, 0.25) is 0 Å². The van der Waals surface area contributed by atoms with Crippen LogP contribution in [0.5, 0.6) is 0 Å². The van der Waals surface area contributed by atoms with E-state index in [1.165, 1.54) is 10.6 Å². The molecule has 0 aliphatic rings. The summed E-state index contributed by atoms with van der Waals surface area (Å²) in [6.45, 7) is 8.97. The van der Waals surface area contributed by atoms with Crippen LogP contribution in [-0.2, 0) is 23.6 Å². The van der Waals surface area contributed by atoms with E-state index in [0.29, 0.717) is 0 Å². The monoisotopic (exact) mass is 324 g/mol. The van der Waals surface area contributed by atoms with Gasteiger partial charge in [-0.25, -0.2) is 0 Å². The fourth-order valence-corrected chi connectivity index (χ4v) is 10.8. The van der Waals surface area contributed by atoms with E-state index in [1.54, 1.807) is 11.3 Å². The maximum absolute atomic E-state index is 5.97. The highest BCUT2D eigenvalue weighted by molar-refractivity contribution is 8.21. The fourth-order valence-electron chi connectivity index (χ4n) is 2.02. The van der Waals surface area contributed by atoms with E-state index in [4.69, 9.17) is 23.6 Å². The lowest BCUT2D eigenvalue weighted by Crippen LogP contribution is -2.24. The van der Waals surface area contributed by atoms with Crippen molar-refractivity contribution in [1.29, 1.82) is 0 Å². The highest BCUT2D eigenvalue weighted by Crippen LogP contribution is 2.50. The van der Waals surface area contributed by atoms with Crippen LogP contribution in [0.4, 0.5) is 0 Å². The van der Waals surface area contributed by atoms with Crippen LogP contribution in [0.2, 0.25) is 0 Å². The molecule has 0 aliphatic carbocycles. The van der Waals surface area contributed by atoms with E-state index < -0.39 is 12.1 Å². The van der Waals surface area contributed by atoms with Gasteiger partial charge >= 0.3 is 0 Å². The number of hydrogen-bond acceptors (Lipinski definition) is 3. The molecule has 17 heavy (non-hydrogen) atoms. The normalized spacial score (nSPS) is 12.9. The van der Waals surface area contributed by atoms with E-state index in [2.05, 4.69) is 38.5 Å². The molecular formula is C12H22P2S3. The lowest BCUT2D eigenvalue weighted by atomic mass is 10.6. The van der Waals surface area contributed by atoms with Gasteiger partial charge in [-0.1, -0.05) is 51.3 Å². The van der Waals surface area contributed by atoms with Gasteiger partial charge in [0.05, 0.1) is 0 Å². The molecule has 0 aromatic carbocycles. The molecule has 0 saturated carbocycles. The lowest BCUT2D eigenvalue weighted by Gasteiger charge is -2.25. The predicted molar refractivity (Wildman–Crippen MR) is 94.3 cm³/mol. The van der Waals surface area contributed by atoms with Gasteiger partial charge in [-0.3, -0.25) is 0 Å². The summed E-state index contributed by atoms with van der Waals surface area (Å²) in [7, 11) is 0. The highest BCUT2D eigenvalue weighted by Gasteiger charge is 2.26. The molecule has 0 spiro atoms. The zero-order chi connectivity index (χ0) is 13.1. The van der Waals surface area contributed by atoms with Gasteiger partial charge in [0.15, 0.2) is 0 Å². The Bertz CT molecular complexity index is 406. The van der Waals surface area contributed by atoms with Crippen molar-refractivity contribution in [1.82, 2.24) is 0 Å². The third-order valence-corrected chi connectivity index (χ3v) is 15.7. The first kappa shape index (κ1) is 16.1. The molecule has 0 aliphatic heterocycles. The Morgan fingerprint density at radius 2 is 1.12 bits per heavy atom. The first-order valence-electron chi connectivity index (χ1n) is 6.20. The van der Waals surface area contributed by atoms with Crippen molar-refractivity contribution in [2.45, 2.75) is 27.7 Å². The Labute approximate surface area is 120 Å². The molecule has 1 heterocycles. The van der Waals surface area contributed by atoms with Gasteiger partial charge < -0.3 is 0 Å². The summed E-state index contributed by atoms with van der Waals surface area (Å²) in [5.41, 5.74) is 0. The molecule has 5 heteroatoms. The van der Waals surface area contributed by atoms with Crippen LogP contribution in [0.25, 0.3) is 0 Å². The van der Waals surface area contributed by atoms with Crippen LogP contribution in [0.15, 0.2) is 10.8 Å². The second-order valence-electron chi connectivity index (χ2n) is 4.19. The van der Waals surface area contributed by atoms with E-state index in [-0.39, 0.29) is 0 Å². The van der Waals surface area contributed by atoms with Gasteiger partial charge in [0.25, 0.3) is 0 Å². The summed E-state index contributed by atoms with van der Waals surface area (Å²) in [6.07, 6.45) is 4.52. The molecule has 0 nitrogen and oxygen atoms in total. The van der Waals surface area contributed by atoms with Crippen LogP contribution in [0.1, 0.15) is 27.7 Å². The second kappa shape index (κ2) is 6.44. The third-order valence-electron chi connectivity index (χ3n) is 3.54. The smallest absolute Gasteiger partial charge is 0.00492 e. The van der Waals surface area contributed by atoms with Gasteiger partial charge in [-0.2, -0.15) is 11.3 Å². The first-order valence-corrected chi connectivity index (χ1v) is 13.5. The zero-order valence-corrected chi connectivity index (χ0v) is 15.3. The molecule has 0 unspecified atom stereocenters. The molecule has 1 aromatic rings. The molecule has 1 aromatic heterocycles. The van der Waals surface area contributed by atoms with Gasteiger partial charge in [0, 0.05) is 10.6 Å². The minimum Gasteiger partial charge on any atom is -0.151 e. The number of thiophene rings is 1. The quantitative estimate of drug-likeness (QED) is 0.725. The molecule has 0 bridgehead atoms. The zero-order valence-electron chi connectivity index (χ0n) is 11.1. The molecule has 98 valence electrons. The predicted octanol–water partition coefficient (Wildman–Crippen LogP) is 4.04. The highest BCUT2D eigenvalue weighted by atomic mass is 32.4. The van der Waals surface area contributed by atoms with Crippen molar-refractivity contribution in [2.24, 2.45) is 0 Å².